The normalized spacial score (nSPS) is 19.9. The maximum atomic E-state index is 10.8. The second kappa shape index (κ2) is 5.09. The first-order chi connectivity index (χ1) is 8.16. The minimum absolute atomic E-state index is 0.150. The Morgan fingerprint density at radius 3 is 3.06 bits per heavy atom. The van der Waals surface area contributed by atoms with Gasteiger partial charge in [-0.2, -0.15) is 0 Å². The summed E-state index contributed by atoms with van der Waals surface area (Å²) < 4.78 is 0. The fourth-order valence-corrected chi connectivity index (χ4v) is 1.90. The van der Waals surface area contributed by atoms with Crippen molar-refractivity contribution in [2.24, 2.45) is 0 Å². The molecule has 0 saturated carbocycles. The van der Waals surface area contributed by atoms with Crippen LogP contribution in [0.4, 0.5) is 5.95 Å². The van der Waals surface area contributed by atoms with Crippen molar-refractivity contribution in [3.63, 3.8) is 0 Å². The van der Waals surface area contributed by atoms with E-state index in [0.29, 0.717) is 17.7 Å². The number of aryl methyl sites for hydroxylation is 1. The molecule has 6 nitrogen and oxygen atoms in total. The van der Waals surface area contributed by atoms with Gasteiger partial charge in [0, 0.05) is 18.8 Å². The Kier molecular flexibility index (Phi) is 3.53. The highest BCUT2D eigenvalue weighted by molar-refractivity contribution is 5.88. The number of piperidine rings is 1. The molecule has 0 radical (unpaired) electrons. The van der Waals surface area contributed by atoms with Crippen LogP contribution < -0.4 is 10.6 Å². The van der Waals surface area contributed by atoms with E-state index in [1.807, 2.05) is 0 Å². The number of hydrogen-bond acceptors (Lipinski definition) is 5. The summed E-state index contributed by atoms with van der Waals surface area (Å²) in [5.41, 5.74) is 0.635. The number of aromatic nitrogens is 2. The van der Waals surface area contributed by atoms with Gasteiger partial charge in [0.25, 0.3) is 0 Å². The molecule has 1 aliphatic rings. The van der Waals surface area contributed by atoms with Crippen molar-refractivity contribution in [3.05, 3.63) is 17.5 Å². The van der Waals surface area contributed by atoms with E-state index in [1.54, 1.807) is 6.92 Å². The first-order valence-corrected chi connectivity index (χ1v) is 5.71. The van der Waals surface area contributed by atoms with E-state index in [2.05, 4.69) is 20.6 Å². The maximum Gasteiger partial charge on any atom is 0.339 e. The largest absolute Gasteiger partial charge is 0.478 e. The number of carboxylic acid groups (broad SMARTS) is 1. The zero-order valence-electron chi connectivity index (χ0n) is 9.73. The molecule has 0 spiro atoms. The molecule has 2 rings (SSSR count). The summed E-state index contributed by atoms with van der Waals surface area (Å²) in [5, 5.41) is 15.4. The highest BCUT2D eigenvalue weighted by Crippen LogP contribution is 2.10. The van der Waals surface area contributed by atoms with Crippen LogP contribution in [-0.4, -0.2) is 40.2 Å². The van der Waals surface area contributed by atoms with Crippen LogP contribution in [0.2, 0.25) is 0 Å². The first-order valence-electron chi connectivity index (χ1n) is 5.71. The van der Waals surface area contributed by atoms with Gasteiger partial charge in [-0.1, -0.05) is 0 Å². The van der Waals surface area contributed by atoms with Crippen LogP contribution in [0.5, 0.6) is 0 Å². The number of rotatable bonds is 3. The highest BCUT2D eigenvalue weighted by Gasteiger charge is 2.15. The summed E-state index contributed by atoms with van der Waals surface area (Å²) in [6.45, 7) is 3.62. The summed E-state index contributed by atoms with van der Waals surface area (Å²) in [5.74, 6) is -0.491. The van der Waals surface area contributed by atoms with Crippen LogP contribution in [0, 0.1) is 6.92 Å². The lowest BCUT2D eigenvalue weighted by molar-refractivity contribution is 0.0695. The average Bonchev–Trinajstić information content (AvgIpc) is 2.30. The van der Waals surface area contributed by atoms with Gasteiger partial charge in [-0.3, -0.25) is 0 Å². The van der Waals surface area contributed by atoms with E-state index in [-0.39, 0.29) is 5.56 Å². The molecule has 92 valence electrons. The molecule has 1 atom stereocenters. The number of nitrogens with one attached hydrogen (secondary N) is 2. The van der Waals surface area contributed by atoms with E-state index in [9.17, 15) is 4.79 Å². The minimum Gasteiger partial charge on any atom is -0.478 e. The third kappa shape index (κ3) is 2.91. The van der Waals surface area contributed by atoms with Crippen LogP contribution in [0.15, 0.2) is 6.20 Å². The molecule has 0 bridgehead atoms. The quantitative estimate of drug-likeness (QED) is 0.714. The van der Waals surface area contributed by atoms with Gasteiger partial charge >= 0.3 is 5.97 Å². The van der Waals surface area contributed by atoms with Crippen LogP contribution in [0.3, 0.4) is 0 Å². The Labute approximate surface area is 99.5 Å². The van der Waals surface area contributed by atoms with Crippen LogP contribution in [0.25, 0.3) is 0 Å². The zero-order valence-corrected chi connectivity index (χ0v) is 9.73. The number of nitrogens with zero attached hydrogens (tertiary/aromatic N) is 2. The van der Waals surface area contributed by atoms with Gasteiger partial charge < -0.3 is 15.7 Å². The fourth-order valence-electron chi connectivity index (χ4n) is 1.90. The van der Waals surface area contributed by atoms with Crippen LogP contribution >= 0.6 is 0 Å². The molecule has 17 heavy (non-hydrogen) atoms. The topological polar surface area (TPSA) is 87.1 Å². The smallest absolute Gasteiger partial charge is 0.339 e. The first kappa shape index (κ1) is 11.8. The van der Waals surface area contributed by atoms with Crippen molar-refractivity contribution < 1.29 is 9.90 Å². The molecule has 0 aliphatic carbocycles. The molecule has 1 saturated heterocycles. The van der Waals surface area contributed by atoms with E-state index in [1.165, 1.54) is 6.20 Å². The predicted molar refractivity (Wildman–Crippen MR) is 63.2 cm³/mol. The van der Waals surface area contributed by atoms with Crippen molar-refractivity contribution in [1.82, 2.24) is 15.3 Å². The van der Waals surface area contributed by atoms with Crippen molar-refractivity contribution in [2.45, 2.75) is 25.8 Å². The molecule has 1 unspecified atom stereocenters. The van der Waals surface area contributed by atoms with Crippen LogP contribution in [0.1, 0.15) is 28.9 Å². The fraction of sp³-hybridized carbons (Fsp3) is 0.545. The van der Waals surface area contributed by atoms with Crippen molar-refractivity contribution in [3.8, 4) is 0 Å². The molecule has 2 heterocycles. The number of carbonyl (C=O) groups is 1. The molecule has 3 N–H and O–H groups in total. The second-order valence-corrected chi connectivity index (χ2v) is 4.19. The lowest BCUT2D eigenvalue weighted by atomic mass is 10.1. The van der Waals surface area contributed by atoms with Crippen molar-refractivity contribution >= 4 is 11.9 Å². The molecule has 1 fully saturated rings. The standard InChI is InChI=1S/C11H16N4O2/c1-7-9(10(16)17)6-13-11(14-7)15-8-3-2-4-12-5-8/h6,8,12H,2-5H2,1H3,(H,16,17)(H,13,14,15). The van der Waals surface area contributed by atoms with E-state index in [4.69, 9.17) is 5.11 Å². The summed E-state index contributed by atoms with van der Waals surface area (Å²) in [4.78, 5) is 19.0. The molecular formula is C11H16N4O2. The summed E-state index contributed by atoms with van der Waals surface area (Å²) >= 11 is 0. The van der Waals surface area contributed by atoms with Crippen molar-refractivity contribution in [1.29, 1.82) is 0 Å². The molecule has 1 aliphatic heterocycles. The molecule has 6 heteroatoms. The number of carboxylic acids is 1. The lowest BCUT2D eigenvalue weighted by Gasteiger charge is -2.23. The van der Waals surface area contributed by atoms with E-state index < -0.39 is 5.97 Å². The predicted octanol–water partition coefficient (Wildman–Crippen LogP) is 0.647. The molecule has 1 aromatic rings. The molecule has 1 aromatic heterocycles. The van der Waals surface area contributed by atoms with E-state index >= 15 is 0 Å². The number of hydrogen-bond donors (Lipinski definition) is 3. The van der Waals surface area contributed by atoms with Gasteiger partial charge in [0.1, 0.15) is 0 Å². The Morgan fingerprint density at radius 2 is 2.47 bits per heavy atom. The van der Waals surface area contributed by atoms with Crippen LogP contribution in [-0.2, 0) is 0 Å². The average molecular weight is 236 g/mol. The highest BCUT2D eigenvalue weighted by atomic mass is 16.4. The monoisotopic (exact) mass is 236 g/mol. The minimum atomic E-state index is -0.992. The van der Waals surface area contributed by atoms with Gasteiger partial charge in [0.2, 0.25) is 5.95 Å². The number of anilines is 1. The van der Waals surface area contributed by atoms with Gasteiger partial charge in [0.05, 0.1) is 11.3 Å². The second-order valence-electron chi connectivity index (χ2n) is 4.19. The third-order valence-electron chi connectivity index (χ3n) is 2.84. The Bertz CT molecular complexity index is 416. The van der Waals surface area contributed by atoms with Gasteiger partial charge in [-0.15, -0.1) is 0 Å². The molecule has 0 amide bonds. The van der Waals surface area contributed by atoms with Crippen molar-refractivity contribution in [2.75, 3.05) is 18.4 Å². The number of aromatic carboxylic acids is 1. The SMILES string of the molecule is Cc1nc(NC2CCCNC2)ncc1C(=O)O. The summed E-state index contributed by atoms with van der Waals surface area (Å²) in [7, 11) is 0. The summed E-state index contributed by atoms with van der Waals surface area (Å²) in [6, 6.07) is 0.318. The maximum absolute atomic E-state index is 10.8. The molecule has 0 aromatic carbocycles. The van der Waals surface area contributed by atoms with Gasteiger partial charge in [-0.25, -0.2) is 14.8 Å². The molecular weight excluding hydrogens is 220 g/mol. The Morgan fingerprint density at radius 1 is 1.65 bits per heavy atom. The van der Waals surface area contributed by atoms with Gasteiger partial charge in [-0.05, 0) is 26.3 Å². The zero-order chi connectivity index (χ0) is 12.3. The lowest BCUT2D eigenvalue weighted by Crippen LogP contribution is -2.38. The Hall–Kier alpha value is -1.69. The third-order valence-corrected chi connectivity index (χ3v) is 2.84. The van der Waals surface area contributed by atoms with E-state index in [0.717, 1.165) is 25.9 Å². The Balaban J connectivity index is 2.06. The van der Waals surface area contributed by atoms with Gasteiger partial charge in [0.15, 0.2) is 0 Å². The summed E-state index contributed by atoms with van der Waals surface area (Å²) in [6.07, 6.45) is 3.56.